The Hall–Kier alpha value is -3.46. The number of hydrogen-bond donors (Lipinski definition) is 0. The van der Waals surface area contributed by atoms with Gasteiger partial charge in [0.2, 0.25) is 5.82 Å². The summed E-state index contributed by atoms with van der Waals surface area (Å²) < 4.78 is 11.4. The minimum Gasteiger partial charge on any atom is -0.492 e. The third-order valence-electron chi connectivity index (χ3n) is 5.41. The highest BCUT2D eigenvalue weighted by molar-refractivity contribution is 7.08. The molecule has 1 aliphatic rings. The Labute approximate surface area is 190 Å². The lowest BCUT2D eigenvalue weighted by Crippen LogP contribution is -2.47. The first-order valence-electron chi connectivity index (χ1n) is 10.6. The smallest absolute Gasteiger partial charge is 0.263 e. The topological polar surface area (TPSA) is 80.4 Å². The molecule has 1 aliphatic heterocycles. The van der Waals surface area contributed by atoms with Crippen molar-refractivity contribution in [3.63, 3.8) is 0 Å². The molecule has 0 atom stereocenters. The first-order chi connectivity index (χ1) is 15.7. The molecule has 9 heteroatoms. The van der Waals surface area contributed by atoms with Gasteiger partial charge in [0.1, 0.15) is 23.0 Å². The first kappa shape index (κ1) is 20.4. The molecule has 0 radical (unpaired) electrons. The number of aromatic nitrogens is 4. The number of aryl methyl sites for hydroxylation is 1. The molecule has 1 saturated heterocycles. The lowest BCUT2D eigenvalue weighted by molar-refractivity contribution is 0.340. The van der Waals surface area contributed by atoms with Gasteiger partial charge < -0.3 is 19.1 Å². The van der Waals surface area contributed by atoms with Crippen LogP contribution in [0.5, 0.6) is 5.75 Å². The van der Waals surface area contributed by atoms with Crippen molar-refractivity contribution in [1.82, 2.24) is 20.1 Å². The SMILES string of the molecule is CCOc1ccccc1N1CCN(c2nc(C)ncc2-c2nc(-c3ccsc3)no2)CC1. The summed E-state index contributed by atoms with van der Waals surface area (Å²) in [6.07, 6.45) is 1.78. The second kappa shape index (κ2) is 8.96. The normalized spacial score (nSPS) is 14.1. The summed E-state index contributed by atoms with van der Waals surface area (Å²) in [7, 11) is 0. The molecule has 32 heavy (non-hydrogen) atoms. The predicted molar refractivity (Wildman–Crippen MR) is 125 cm³/mol. The number of thiophene rings is 1. The van der Waals surface area contributed by atoms with Crippen LogP contribution in [0.2, 0.25) is 0 Å². The van der Waals surface area contributed by atoms with E-state index >= 15 is 0 Å². The molecule has 5 rings (SSSR count). The number of para-hydroxylation sites is 2. The summed E-state index contributed by atoms with van der Waals surface area (Å²) >= 11 is 1.60. The Morgan fingerprint density at radius 2 is 1.88 bits per heavy atom. The van der Waals surface area contributed by atoms with Crippen LogP contribution in [0.25, 0.3) is 22.8 Å². The van der Waals surface area contributed by atoms with Gasteiger partial charge in [-0.25, -0.2) is 9.97 Å². The van der Waals surface area contributed by atoms with E-state index in [4.69, 9.17) is 14.2 Å². The van der Waals surface area contributed by atoms with E-state index in [1.165, 1.54) is 0 Å². The fourth-order valence-corrected chi connectivity index (χ4v) is 4.48. The third kappa shape index (κ3) is 4.03. The van der Waals surface area contributed by atoms with Crippen LogP contribution in [0.3, 0.4) is 0 Å². The van der Waals surface area contributed by atoms with Gasteiger partial charge in [-0.15, -0.1) is 0 Å². The molecule has 1 fully saturated rings. The molecule has 0 bridgehead atoms. The van der Waals surface area contributed by atoms with E-state index < -0.39 is 0 Å². The van der Waals surface area contributed by atoms with Crippen molar-refractivity contribution in [3.8, 4) is 28.6 Å². The zero-order valence-electron chi connectivity index (χ0n) is 18.1. The maximum absolute atomic E-state index is 5.82. The Kier molecular flexibility index (Phi) is 5.72. The molecular weight excluding hydrogens is 424 g/mol. The second-order valence-corrected chi connectivity index (χ2v) is 8.24. The van der Waals surface area contributed by atoms with Crippen LogP contribution < -0.4 is 14.5 Å². The van der Waals surface area contributed by atoms with Gasteiger partial charge in [0.05, 0.1) is 12.3 Å². The highest BCUT2D eigenvalue weighted by Crippen LogP contribution is 2.33. The van der Waals surface area contributed by atoms with Gasteiger partial charge in [-0.05, 0) is 37.4 Å². The molecular formula is C23H24N6O2S. The molecule has 164 valence electrons. The Morgan fingerprint density at radius 1 is 1.06 bits per heavy atom. The Morgan fingerprint density at radius 3 is 2.66 bits per heavy atom. The van der Waals surface area contributed by atoms with Crippen LogP contribution in [0.1, 0.15) is 12.7 Å². The number of ether oxygens (including phenoxy) is 1. The largest absolute Gasteiger partial charge is 0.492 e. The van der Waals surface area contributed by atoms with E-state index in [1.807, 2.05) is 42.8 Å². The lowest BCUT2D eigenvalue weighted by atomic mass is 10.2. The maximum atomic E-state index is 5.82. The molecule has 0 aliphatic carbocycles. The summed E-state index contributed by atoms with van der Waals surface area (Å²) in [4.78, 5) is 18.3. The van der Waals surface area contributed by atoms with Crippen molar-refractivity contribution >= 4 is 22.8 Å². The van der Waals surface area contributed by atoms with Gasteiger partial charge in [0, 0.05) is 43.3 Å². The number of benzene rings is 1. The van der Waals surface area contributed by atoms with E-state index in [0.717, 1.165) is 54.6 Å². The predicted octanol–water partition coefficient (Wildman–Crippen LogP) is 4.29. The quantitative estimate of drug-likeness (QED) is 0.432. The van der Waals surface area contributed by atoms with E-state index in [2.05, 4.69) is 37.1 Å². The van der Waals surface area contributed by atoms with Crippen LogP contribution >= 0.6 is 11.3 Å². The average Bonchev–Trinajstić information content (AvgIpc) is 3.52. The van der Waals surface area contributed by atoms with Crippen molar-refractivity contribution in [1.29, 1.82) is 0 Å². The zero-order chi connectivity index (χ0) is 21.9. The minimum atomic E-state index is 0.435. The first-order valence-corrected chi connectivity index (χ1v) is 11.6. The molecule has 0 N–H and O–H groups in total. The highest BCUT2D eigenvalue weighted by Gasteiger charge is 2.25. The van der Waals surface area contributed by atoms with Crippen LogP contribution in [-0.4, -0.2) is 52.9 Å². The monoisotopic (exact) mass is 448 g/mol. The molecule has 0 saturated carbocycles. The molecule has 4 heterocycles. The van der Waals surface area contributed by atoms with Gasteiger partial charge in [-0.1, -0.05) is 17.3 Å². The molecule has 1 aromatic carbocycles. The van der Waals surface area contributed by atoms with Gasteiger partial charge in [-0.2, -0.15) is 16.3 Å². The number of anilines is 2. The van der Waals surface area contributed by atoms with Crippen molar-refractivity contribution in [2.45, 2.75) is 13.8 Å². The van der Waals surface area contributed by atoms with Crippen LogP contribution in [-0.2, 0) is 0 Å². The summed E-state index contributed by atoms with van der Waals surface area (Å²) in [5.41, 5.74) is 2.83. The van der Waals surface area contributed by atoms with Crippen molar-refractivity contribution < 1.29 is 9.26 Å². The van der Waals surface area contributed by atoms with Crippen LogP contribution in [0.4, 0.5) is 11.5 Å². The van der Waals surface area contributed by atoms with Gasteiger partial charge >= 0.3 is 0 Å². The maximum Gasteiger partial charge on any atom is 0.263 e. The molecule has 0 spiro atoms. The van der Waals surface area contributed by atoms with Crippen molar-refractivity contribution in [3.05, 3.63) is 53.1 Å². The Balaban J connectivity index is 1.38. The third-order valence-corrected chi connectivity index (χ3v) is 6.09. The number of nitrogens with zero attached hydrogens (tertiary/aromatic N) is 6. The summed E-state index contributed by atoms with van der Waals surface area (Å²) in [5.74, 6) is 3.48. The van der Waals surface area contributed by atoms with E-state index in [-0.39, 0.29) is 0 Å². The molecule has 3 aromatic heterocycles. The standard InChI is InChI=1S/C23H24N6O2S/c1-3-30-20-7-5-4-6-19(20)28-9-11-29(12-10-28)22-18(14-24-16(2)25-22)23-26-21(27-31-23)17-8-13-32-15-17/h4-8,13-15H,3,9-12H2,1-2H3. The number of hydrogen-bond acceptors (Lipinski definition) is 9. The van der Waals surface area contributed by atoms with Crippen molar-refractivity contribution in [2.75, 3.05) is 42.6 Å². The van der Waals surface area contributed by atoms with E-state index in [9.17, 15) is 0 Å². The minimum absolute atomic E-state index is 0.435. The number of rotatable bonds is 6. The Bertz CT molecular complexity index is 1180. The fraction of sp³-hybridized carbons (Fsp3) is 0.304. The van der Waals surface area contributed by atoms with Crippen LogP contribution in [0, 0.1) is 6.92 Å². The summed E-state index contributed by atoms with van der Waals surface area (Å²) in [6.45, 7) is 7.90. The molecule has 8 nitrogen and oxygen atoms in total. The molecule has 4 aromatic rings. The lowest BCUT2D eigenvalue weighted by Gasteiger charge is -2.37. The second-order valence-electron chi connectivity index (χ2n) is 7.46. The van der Waals surface area contributed by atoms with Crippen LogP contribution in [0.15, 0.2) is 51.8 Å². The van der Waals surface area contributed by atoms with E-state index in [1.54, 1.807) is 17.5 Å². The average molecular weight is 449 g/mol. The van der Waals surface area contributed by atoms with Gasteiger partial charge in [0.25, 0.3) is 5.89 Å². The summed E-state index contributed by atoms with van der Waals surface area (Å²) in [5, 5.41) is 8.14. The zero-order valence-corrected chi connectivity index (χ0v) is 18.9. The fourth-order valence-electron chi connectivity index (χ4n) is 3.85. The van der Waals surface area contributed by atoms with Gasteiger partial charge in [-0.3, -0.25) is 0 Å². The number of piperazine rings is 1. The van der Waals surface area contributed by atoms with Gasteiger partial charge in [0.15, 0.2) is 0 Å². The van der Waals surface area contributed by atoms with Crippen molar-refractivity contribution in [2.24, 2.45) is 0 Å². The highest BCUT2D eigenvalue weighted by atomic mass is 32.1. The van der Waals surface area contributed by atoms with E-state index in [0.29, 0.717) is 24.1 Å². The molecule has 0 amide bonds. The molecule has 0 unspecified atom stereocenters. The summed E-state index contributed by atoms with van der Waals surface area (Å²) in [6, 6.07) is 10.2.